The molecule has 3 fully saturated rings. The normalized spacial score (nSPS) is 31.8. The van der Waals surface area contributed by atoms with Gasteiger partial charge >= 0.3 is 0 Å². The molecule has 3 aliphatic rings. The van der Waals surface area contributed by atoms with E-state index in [1.165, 1.54) is 24.0 Å². The number of likely N-dealkylation sites (tertiary alicyclic amines) is 1. The number of ether oxygens (including phenoxy) is 3. The molecule has 0 amide bonds. The van der Waals surface area contributed by atoms with Crippen molar-refractivity contribution in [2.45, 2.75) is 69.7 Å². The zero-order chi connectivity index (χ0) is 18.1. The molecular formula is C22H33NO3. The van der Waals surface area contributed by atoms with Gasteiger partial charge in [-0.2, -0.15) is 0 Å². The van der Waals surface area contributed by atoms with Crippen LogP contribution in [0.15, 0.2) is 18.2 Å². The smallest absolute Gasteiger partial charge is 0.122 e. The van der Waals surface area contributed by atoms with Crippen molar-refractivity contribution in [3.63, 3.8) is 0 Å². The molecule has 2 saturated carbocycles. The monoisotopic (exact) mass is 359 g/mol. The summed E-state index contributed by atoms with van der Waals surface area (Å²) in [5.41, 5.74) is 2.53. The third-order valence-corrected chi connectivity index (χ3v) is 6.78. The maximum Gasteiger partial charge on any atom is 0.122 e. The van der Waals surface area contributed by atoms with E-state index < -0.39 is 0 Å². The van der Waals surface area contributed by atoms with Crippen molar-refractivity contribution >= 4 is 0 Å². The van der Waals surface area contributed by atoms with E-state index in [0.717, 1.165) is 57.0 Å². The van der Waals surface area contributed by atoms with Crippen LogP contribution >= 0.6 is 0 Å². The zero-order valence-corrected chi connectivity index (χ0v) is 16.5. The minimum Gasteiger partial charge on any atom is -0.496 e. The van der Waals surface area contributed by atoms with Gasteiger partial charge in [0.25, 0.3) is 0 Å². The predicted octanol–water partition coefficient (Wildman–Crippen LogP) is 3.94. The Kier molecular flexibility index (Phi) is 5.27. The van der Waals surface area contributed by atoms with Gasteiger partial charge in [0.2, 0.25) is 0 Å². The van der Waals surface area contributed by atoms with Gasteiger partial charge in [-0.25, -0.2) is 0 Å². The lowest BCUT2D eigenvalue weighted by molar-refractivity contribution is -0.103. The van der Waals surface area contributed by atoms with Crippen molar-refractivity contribution in [2.24, 2.45) is 5.92 Å². The molecule has 144 valence electrons. The molecule has 4 rings (SSSR count). The minimum atomic E-state index is 0.0220. The number of nitrogens with zero attached hydrogens (tertiary/aromatic N) is 1. The summed E-state index contributed by atoms with van der Waals surface area (Å²) < 4.78 is 17.9. The van der Waals surface area contributed by atoms with Gasteiger partial charge in [0.05, 0.1) is 18.8 Å². The van der Waals surface area contributed by atoms with Crippen LogP contribution in [0.2, 0.25) is 0 Å². The van der Waals surface area contributed by atoms with Gasteiger partial charge in [-0.15, -0.1) is 0 Å². The molecule has 0 bridgehead atoms. The van der Waals surface area contributed by atoms with Crippen molar-refractivity contribution in [2.75, 3.05) is 27.4 Å². The van der Waals surface area contributed by atoms with E-state index in [1.54, 1.807) is 7.11 Å². The molecule has 1 aromatic carbocycles. The molecule has 0 aromatic heterocycles. The van der Waals surface area contributed by atoms with Crippen LogP contribution < -0.4 is 4.74 Å². The minimum absolute atomic E-state index is 0.0220. The SMILES string of the molecule is COc1cc(CN2CC[C@]3(OC)CC[C@H](OCC4CC4)C[C@H]23)ccc1C. The average molecular weight is 360 g/mol. The maximum atomic E-state index is 6.25. The van der Waals surface area contributed by atoms with Gasteiger partial charge in [-0.3, -0.25) is 4.90 Å². The lowest BCUT2D eigenvalue weighted by Crippen LogP contribution is -2.51. The van der Waals surface area contributed by atoms with Crippen molar-refractivity contribution in [3.8, 4) is 5.75 Å². The Hall–Kier alpha value is -1.10. The molecular weight excluding hydrogens is 326 g/mol. The van der Waals surface area contributed by atoms with Crippen LogP contribution in [-0.2, 0) is 16.0 Å². The van der Waals surface area contributed by atoms with E-state index in [4.69, 9.17) is 14.2 Å². The molecule has 1 aliphatic heterocycles. The predicted molar refractivity (Wildman–Crippen MR) is 103 cm³/mol. The number of rotatable bonds is 7. The molecule has 4 nitrogen and oxygen atoms in total. The first kappa shape index (κ1) is 18.3. The number of hydrogen-bond acceptors (Lipinski definition) is 4. The molecule has 3 atom stereocenters. The maximum absolute atomic E-state index is 6.25. The fourth-order valence-corrected chi connectivity index (χ4v) is 4.85. The molecule has 0 N–H and O–H groups in total. The quantitative estimate of drug-likeness (QED) is 0.738. The molecule has 4 heteroatoms. The van der Waals surface area contributed by atoms with Gasteiger partial charge in [0.15, 0.2) is 0 Å². The summed E-state index contributed by atoms with van der Waals surface area (Å²) in [5.74, 6) is 1.82. The highest BCUT2D eigenvalue weighted by molar-refractivity contribution is 5.36. The van der Waals surface area contributed by atoms with Crippen molar-refractivity contribution < 1.29 is 14.2 Å². The summed E-state index contributed by atoms with van der Waals surface area (Å²) >= 11 is 0. The third-order valence-electron chi connectivity index (χ3n) is 6.78. The summed E-state index contributed by atoms with van der Waals surface area (Å²) in [6, 6.07) is 7.04. The standard InChI is InChI=1S/C22H33NO3/c1-16-4-5-18(12-20(16)24-2)14-23-11-10-22(25-3)9-8-19(13-21(22)23)26-15-17-6-7-17/h4-5,12,17,19,21H,6-11,13-15H2,1-3H3/t19-,21-,22+/m0/s1. The summed E-state index contributed by atoms with van der Waals surface area (Å²) in [5, 5.41) is 0. The van der Waals surface area contributed by atoms with E-state index >= 15 is 0 Å². The van der Waals surface area contributed by atoms with Crippen LogP contribution in [0.3, 0.4) is 0 Å². The first-order valence-corrected chi connectivity index (χ1v) is 10.2. The third kappa shape index (κ3) is 3.64. The summed E-state index contributed by atoms with van der Waals surface area (Å²) in [6.45, 7) is 5.12. The Morgan fingerprint density at radius 2 is 2.00 bits per heavy atom. The summed E-state index contributed by atoms with van der Waals surface area (Å²) in [4.78, 5) is 2.61. The lowest BCUT2D eigenvalue weighted by Gasteiger charge is -2.43. The molecule has 1 saturated heterocycles. The Morgan fingerprint density at radius 3 is 2.73 bits per heavy atom. The number of aryl methyl sites for hydroxylation is 1. The van der Waals surface area contributed by atoms with Crippen LogP contribution in [0.5, 0.6) is 5.75 Å². The average Bonchev–Trinajstić information content (AvgIpc) is 3.43. The van der Waals surface area contributed by atoms with E-state index in [1.807, 2.05) is 7.11 Å². The lowest BCUT2D eigenvalue weighted by atomic mass is 9.79. The van der Waals surface area contributed by atoms with Crippen LogP contribution in [0.4, 0.5) is 0 Å². The highest BCUT2D eigenvalue weighted by Gasteiger charge is 2.51. The molecule has 0 unspecified atom stereocenters. The molecule has 1 aromatic rings. The molecule has 1 heterocycles. The fourth-order valence-electron chi connectivity index (χ4n) is 4.85. The second kappa shape index (κ2) is 7.49. The zero-order valence-electron chi connectivity index (χ0n) is 16.5. The summed E-state index contributed by atoms with van der Waals surface area (Å²) in [6.07, 6.45) is 7.62. The summed E-state index contributed by atoms with van der Waals surface area (Å²) in [7, 11) is 3.65. The molecule has 2 aliphatic carbocycles. The van der Waals surface area contributed by atoms with E-state index in [9.17, 15) is 0 Å². The molecule has 26 heavy (non-hydrogen) atoms. The second-order valence-corrected chi connectivity index (χ2v) is 8.48. The second-order valence-electron chi connectivity index (χ2n) is 8.48. The Labute approximate surface area is 157 Å². The van der Waals surface area contributed by atoms with Crippen LogP contribution in [0.1, 0.15) is 49.7 Å². The Balaban J connectivity index is 1.45. The number of hydrogen-bond donors (Lipinski definition) is 0. The van der Waals surface area contributed by atoms with E-state index in [0.29, 0.717) is 12.1 Å². The Bertz CT molecular complexity index is 630. The van der Waals surface area contributed by atoms with E-state index in [2.05, 4.69) is 30.0 Å². The van der Waals surface area contributed by atoms with Gasteiger partial charge in [-0.05, 0) is 68.6 Å². The molecule has 0 spiro atoms. The van der Waals surface area contributed by atoms with Gasteiger partial charge in [0.1, 0.15) is 5.75 Å². The topological polar surface area (TPSA) is 30.9 Å². The first-order valence-electron chi connectivity index (χ1n) is 10.2. The van der Waals surface area contributed by atoms with Crippen LogP contribution in [-0.4, -0.2) is 50.0 Å². The van der Waals surface area contributed by atoms with Crippen molar-refractivity contribution in [3.05, 3.63) is 29.3 Å². The molecule has 0 radical (unpaired) electrons. The van der Waals surface area contributed by atoms with Gasteiger partial charge < -0.3 is 14.2 Å². The van der Waals surface area contributed by atoms with Gasteiger partial charge in [0, 0.05) is 32.8 Å². The fraction of sp³-hybridized carbons (Fsp3) is 0.727. The number of fused-ring (bicyclic) bond motifs is 1. The van der Waals surface area contributed by atoms with Crippen molar-refractivity contribution in [1.82, 2.24) is 4.90 Å². The highest BCUT2D eigenvalue weighted by Crippen LogP contribution is 2.44. The number of methoxy groups -OCH3 is 2. The van der Waals surface area contributed by atoms with Crippen LogP contribution in [0, 0.1) is 12.8 Å². The van der Waals surface area contributed by atoms with E-state index in [-0.39, 0.29) is 5.60 Å². The largest absolute Gasteiger partial charge is 0.496 e. The van der Waals surface area contributed by atoms with Crippen molar-refractivity contribution in [1.29, 1.82) is 0 Å². The van der Waals surface area contributed by atoms with Gasteiger partial charge in [-0.1, -0.05) is 12.1 Å². The highest BCUT2D eigenvalue weighted by atomic mass is 16.5. The Morgan fingerprint density at radius 1 is 1.15 bits per heavy atom. The number of benzene rings is 1. The first-order chi connectivity index (χ1) is 12.6. The van der Waals surface area contributed by atoms with Crippen LogP contribution in [0.25, 0.3) is 0 Å².